The molecule has 22 heavy (non-hydrogen) atoms. The molecule has 0 bridgehead atoms. The van der Waals surface area contributed by atoms with Crippen LogP contribution in [0, 0.1) is 5.82 Å². The molecule has 1 atom stereocenters. The van der Waals surface area contributed by atoms with Gasteiger partial charge in [-0.15, -0.1) is 0 Å². The molecule has 1 heterocycles. The average molecular weight is 302 g/mol. The zero-order valence-electron chi connectivity index (χ0n) is 12.2. The number of rotatable bonds is 3. The first-order valence-corrected chi connectivity index (χ1v) is 6.95. The minimum Gasteiger partial charge on any atom is -0.464 e. The molecule has 114 valence electrons. The van der Waals surface area contributed by atoms with Crippen molar-refractivity contribution < 1.29 is 23.4 Å². The Morgan fingerprint density at radius 1 is 1.23 bits per heavy atom. The Morgan fingerprint density at radius 3 is 2.73 bits per heavy atom. The Hall–Kier alpha value is -2.40. The van der Waals surface area contributed by atoms with Crippen LogP contribution in [0.25, 0.3) is 21.9 Å². The van der Waals surface area contributed by atoms with E-state index in [2.05, 4.69) is 0 Å². The monoisotopic (exact) mass is 302 g/mol. The first-order chi connectivity index (χ1) is 10.4. The van der Waals surface area contributed by atoms with E-state index in [0.29, 0.717) is 22.1 Å². The van der Waals surface area contributed by atoms with E-state index < -0.39 is 11.6 Å². The first kappa shape index (κ1) is 14.5. The molecule has 0 spiro atoms. The summed E-state index contributed by atoms with van der Waals surface area (Å²) in [5, 5.41) is 11.9. The van der Waals surface area contributed by atoms with Crippen LogP contribution in [0.5, 0.6) is 0 Å². The van der Waals surface area contributed by atoms with Crippen molar-refractivity contribution in [2.75, 3.05) is 6.61 Å². The van der Waals surface area contributed by atoms with Crippen molar-refractivity contribution in [3.05, 3.63) is 47.8 Å². The number of benzene rings is 2. The molecule has 0 saturated carbocycles. The zero-order chi connectivity index (χ0) is 15.9. The Kier molecular flexibility index (Phi) is 3.37. The Labute approximate surface area is 126 Å². The lowest BCUT2D eigenvalue weighted by molar-refractivity contribution is -0.164. The van der Waals surface area contributed by atoms with Crippen molar-refractivity contribution in [1.82, 2.24) is 0 Å². The van der Waals surface area contributed by atoms with E-state index in [1.54, 1.807) is 31.2 Å². The summed E-state index contributed by atoms with van der Waals surface area (Å²) in [4.78, 5) is 11.9. The van der Waals surface area contributed by atoms with Crippen molar-refractivity contribution >= 4 is 27.9 Å². The normalized spacial score (nSPS) is 14.2. The second kappa shape index (κ2) is 5.10. The average Bonchev–Trinajstić information content (AvgIpc) is 2.83. The van der Waals surface area contributed by atoms with Gasteiger partial charge in [-0.2, -0.15) is 0 Å². The van der Waals surface area contributed by atoms with Crippen molar-refractivity contribution in [2.24, 2.45) is 0 Å². The molecule has 5 heteroatoms. The number of carbonyl (C=O) groups excluding carboxylic acids is 1. The van der Waals surface area contributed by atoms with E-state index in [1.807, 2.05) is 0 Å². The minimum absolute atomic E-state index is 0.186. The van der Waals surface area contributed by atoms with E-state index in [4.69, 9.17) is 9.15 Å². The van der Waals surface area contributed by atoms with Crippen LogP contribution in [0.2, 0.25) is 0 Å². The zero-order valence-corrected chi connectivity index (χ0v) is 12.2. The van der Waals surface area contributed by atoms with Crippen LogP contribution in [0.4, 0.5) is 4.39 Å². The molecule has 3 aromatic rings. The number of aliphatic hydroxyl groups is 1. The van der Waals surface area contributed by atoms with Gasteiger partial charge in [0.25, 0.3) is 0 Å². The fraction of sp³-hybridized carbons (Fsp3) is 0.235. The summed E-state index contributed by atoms with van der Waals surface area (Å²) in [6.45, 7) is 3.24. The van der Waals surface area contributed by atoms with Gasteiger partial charge in [-0.1, -0.05) is 6.07 Å². The highest BCUT2D eigenvalue weighted by molar-refractivity contribution is 6.05. The number of fused-ring (bicyclic) bond motifs is 3. The van der Waals surface area contributed by atoms with Gasteiger partial charge in [0.1, 0.15) is 17.0 Å². The molecule has 3 rings (SSSR count). The van der Waals surface area contributed by atoms with E-state index in [1.165, 1.54) is 19.1 Å². The molecular formula is C17H15FO4. The van der Waals surface area contributed by atoms with Crippen LogP contribution in [0.1, 0.15) is 19.4 Å². The summed E-state index contributed by atoms with van der Waals surface area (Å²) in [5.41, 5.74) is -0.384. The van der Waals surface area contributed by atoms with E-state index in [9.17, 15) is 14.3 Å². The summed E-state index contributed by atoms with van der Waals surface area (Å²) in [7, 11) is 0. The van der Waals surface area contributed by atoms with Crippen LogP contribution in [-0.2, 0) is 15.1 Å². The summed E-state index contributed by atoms with van der Waals surface area (Å²) in [6.07, 6.45) is 0. The molecular weight excluding hydrogens is 287 g/mol. The number of carbonyl (C=O) groups is 1. The van der Waals surface area contributed by atoms with Crippen LogP contribution in [0.3, 0.4) is 0 Å². The maximum atomic E-state index is 13.3. The van der Waals surface area contributed by atoms with E-state index >= 15 is 0 Å². The number of furan rings is 1. The van der Waals surface area contributed by atoms with Gasteiger partial charge in [-0.25, -0.2) is 9.18 Å². The number of hydrogen-bond donors (Lipinski definition) is 1. The molecule has 0 fully saturated rings. The van der Waals surface area contributed by atoms with E-state index in [-0.39, 0.29) is 12.4 Å². The summed E-state index contributed by atoms with van der Waals surface area (Å²) in [6, 6.07) is 9.16. The Balaban J connectivity index is 2.16. The third-order valence-electron chi connectivity index (χ3n) is 3.67. The molecule has 0 aliphatic rings. The largest absolute Gasteiger partial charge is 0.464 e. The fourth-order valence-corrected chi connectivity index (χ4v) is 2.44. The van der Waals surface area contributed by atoms with Gasteiger partial charge in [0.05, 0.1) is 6.61 Å². The summed E-state index contributed by atoms with van der Waals surface area (Å²) in [5.74, 6) is -1.10. The van der Waals surface area contributed by atoms with Gasteiger partial charge >= 0.3 is 5.97 Å². The highest BCUT2D eigenvalue weighted by Crippen LogP contribution is 2.33. The lowest BCUT2D eigenvalue weighted by Gasteiger charge is -2.21. The van der Waals surface area contributed by atoms with Gasteiger partial charge in [-0.05, 0) is 43.7 Å². The Morgan fingerprint density at radius 2 is 2.00 bits per heavy atom. The van der Waals surface area contributed by atoms with Crippen LogP contribution < -0.4 is 0 Å². The van der Waals surface area contributed by atoms with Gasteiger partial charge in [0.15, 0.2) is 5.60 Å². The molecule has 2 aromatic carbocycles. The van der Waals surface area contributed by atoms with Gasteiger partial charge in [-0.3, -0.25) is 0 Å². The van der Waals surface area contributed by atoms with Crippen molar-refractivity contribution in [3.63, 3.8) is 0 Å². The van der Waals surface area contributed by atoms with Crippen LogP contribution >= 0.6 is 0 Å². The lowest BCUT2D eigenvalue weighted by Crippen LogP contribution is -2.34. The SMILES string of the molecule is CCOC(=O)C(C)(O)c1ccc2oc3cc(F)ccc3c2c1. The van der Waals surface area contributed by atoms with E-state index in [0.717, 1.165) is 5.39 Å². The topological polar surface area (TPSA) is 59.7 Å². The Bertz CT molecular complexity index is 864. The maximum absolute atomic E-state index is 13.3. The molecule has 4 nitrogen and oxygen atoms in total. The van der Waals surface area contributed by atoms with Gasteiger partial charge in [0, 0.05) is 16.8 Å². The third kappa shape index (κ3) is 2.23. The predicted octanol–water partition coefficient (Wildman–Crippen LogP) is 3.50. The number of ether oxygens (including phenoxy) is 1. The quantitative estimate of drug-likeness (QED) is 0.752. The van der Waals surface area contributed by atoms with Crippen molar-refractivity contribution in [2.45, 2.75) is 19.4 Å². The number of esters is 1. The highest BCUT2D eigenvalue weighted by atomic mass is 19.1. The molecule has 0 aliphatic carbocycles. The van der Waals surface area contributed by atoms with Crippen molar-refractivity contribution in [1.29, 1.82) is 0 Å². The van der Waals surface area contributed by atoms with Crippen molar-refractivity contribution in [3.8, 4) is 0 Å². The maximum Gasteiger partial charge on any atom is 0.342 e. The third-order valence-corrected chi connectivity index (χ3v) is 3.67. The highest BCUT2D eigenvalue weighted by Gasteiger charge is 2.34. The smallest absolute Gasteiger partial charge is 0.342 e. The molecule has 0 aliphatic heterocycles. The lowest BCUT2D eigenvalue weighted by atomic mass is 9.94. The summed E-state index contributed by atoms with van der Waals surface area (Å²) < 4.78 is 23.7. The molecule has 1 aromatic heterocycles. The predicted molar refractivity (Wildman–Crippen MR) is 79.9 cm³/mol. The second-order valence-electron chi connectivity index (χ2n) is 5.25. The standard InChI is InChI=1S/C17H15FO4/c1-3-21-16(19)17(2,20)10-4-7-14-13(8-10)12-6-5-11(18)9-15(12)22-14/h4-9,20H,3H2,1-2H3. The van der Waals surface area contributed by atoms with Crippen LogP contribution in [0.15, 0.2) is 40.8 Å². The second-order valence-corrected chi connectivity index (χ2v) is 5.25. The molecule has 0 radical (unpaired) electrons. The molecule has 1 unspecified atom stereocenters. The summed E-state index contributed by atoms with van der Waals surface area (Å²) >= 11 is 0. The van der Waals surface area contributed by atoms with Crippen LogP contribution in [-0.4, -0.2) is 17.7 Å². The first-order valence-electron chi connectivity index (χ1n) is 6.95. The number of hydrogen-bond acceptors (Lipinski definition) is 4. The number of halogens is 1. The molecule has 0 saturated heterocycles. The molecule has 0 amide bonds. The van der Waals surface area contributed by atoms with Gasteiger partial charge < -0.3 is 14.3 Å². The molecule has 1 N–H and O–H groups in total. The minimum atomic E-state index is -1.76. The fourth-order valence-electron chi connectivity index (χ4n) is 2.44. The van der Waals surface area contributed by atoms with Gasteiger partial charge in [0.2, 0.25) is 0 Å².